The molecule has 0 amide bonds. The summed E-state index contributed by atoms with van der Waals surface area (Å²) in [6.45, 7) is 1.55. The highest BCUT2D eigenvalue weighted by atomic mass is 16.3. The molecule has 4 heteroatoms. The van der Waals surface area contributed by atoms with E-state index in [1.54, 1.807) is 19.3 Å². The van der Waals surface area contributed by atoms with Crippen LogP contribution in [0, 0.1) is 6.92 Å². The monoisotopic (exact) mass is 374 g/mol. The van der Waals surface area contributed by atoms with Gasteiger partial charge in [-0.3, -0.25) is 9.98 Å². The van der Waals surface area contributed by atoms with Crippen molar-refractivity contribution in [3.05, 3.63) is 94.8 Å². The summed E-state index contributed by atoms with van der Waals surface area (Å²) in [4.78, 5) is 8.89. The molecule has 2 aromatic carbocycles. The molecule has 1 heterocycles. The summed E-state index contributed by atoms with van der Waals surface area (Å²) in [7, 11) is 0. The minimum absolute atomic E-state index is 0.00988. The number of nitrogens with zero attached hydrogens (tertiary/aromatic N) is 2. The van der Waals surface area contributed by atoms with Crippen LogP contribution in [0.15, 0.2) is 71.9 Å². The van der Waals surface area contributed by atoms with Crippen molar-refractivity contribution in [2.75, 3.05) is 0 Å². The van der Waals surface area contributed by atoms with E-state index in [1.807, 2.05) is 24.3 Å². The van der Waals surface area contributed by atoms with Crippen molar-refractivity contribution in [2.24, 2.45) is 4.99 Å². The van der Waals surface area contributed by atoms with Crippen LogP contribution in [0.5, 0.6) is 5.75 Å². The van der Waals surface area contributed by atoms with Crippen molar-refractivity contribution in [1.82, 2.24) is 4.98 Å². The van der Waals surface area contributed by atoms with E-state index in [2.05, 4.69) is 41.4 Å². The Bertz CT molecular complexity index is 909. The topological polar surface area (TPSA) is 65.7 Å². The Morgan fingerprint density at radius 2 is 1.71 bits per heavy atom. The fourth-order valence-corrected chi connectivity index (χ4v) is 3.23. The second kappa shape index (κ2) is 9.81. The van der Waals surface area contributed by atoms with Gasteiger partial charge in [-0.2, -0.15) is 0 Å². The number of aromatic nitrogens is 1. The lowest BCUT2D eigenvalue weighted by Crippen LogP contribution is -2.01. The predicted octanol–water partition coefficient (Wildman–Crippen LogP) is 4.77. The molecular formula is C24H26N2O2. The fraction of sp³-hybridized carbons (Fsp3) is 0.250. The average molecular weight is 374 g/mol. The molecule has 0 aliphatic heterocycles. The maximum Gasteiger partial charge on any atom is 0.145 e. The summed E-state index contributed by atoms with van der Waals surface area (Å²) in [5, 5.41) is 19.9. The zero-order valence-electron chi connectivity index (χ0n) is 16.1. The largest absolute Gasteiger partial charge is 0.505 e. The molecule has 0 radical (unpaired) electrons. The highest BCUT2D eigenvalue weighted by Gasteiger charge is 2.12. The Balaban J connectivity index is 1.80. The van der Waals surface area contributed by atoms with Gasteiger partial charge in [0.25, 0.3) is 0 Å². The molecule has 0 unspecified atom stereocenters. The summed E-state index contributed by atoms with van der Waals surface area (Å²) in [6, 6.07) is 20.6. The van der Waals surface area contributed by atoms with E-state index >= 15 is 0 Å². The molecule has 1 aromatic heterocycles. The zero-order chi connectivity index (χ0) is 19.8. The molecule has 3 aromatic rings. The first-order valence-corrected chi connectivity index (χ1v) is 9.59. The number of pyridine rings is 1. The van der Waals surface area contributed by atoms with Crippen LogP contribution in [-0.2, 0) is 13.0 Å². The minimum atomic E-state index is -0.188. The Morgan fingerprint density at radius 3 is 2.39 bits per heavy atom. The molecule has 0 spiro atoms. The molecule has 1 atom stereocenters. The maximum atomic E-state index is 10.4. The minimum Gasteiger partial charge on any atom is -0.505 e. The van der Waals surface area contributed by atoms with Crippen LogP contribution in [0.2, 0.25) is 0 Å². The van der Waals surface area contributed by atoms with Crippen LogP contribution in [0.4, 0.5) is 0 Å². The summed E-state index contributed by atoms with van der Waals surface area (Å²) in [5.41, 5.74) is 4.10. The van der Waals surface area contributed by atoms with E-state index < -0.39 is 0 Å². The number of aliphatic hydroxyl groups is 1. The number of aromatic hydroxyl groups is 1. The molecule has 144 valence electrons. The van der Waals surface area contributed by atoms with Crippen LogP contribution in [0.25, 0.3) is 0 Å². The Hall–Kier alpha value is -2.98. The molecule has 0 bridgehead atoms. The SMILES string of the molecule is Cc1ncc(CO)c(C=N[C@H](CCCc2ccccc2)c2ccccc2)c1O. The van der Waals surface area contributed by atoms with Gasteiger partial charge in [0, 0.05) is 23.5 Å². The van der Waals surface area contributed by atoms with Crippen molar-refractivity contribution in [3.63, 3.8) is 0 Å². The van der Waals surface area contributed by atoms with E-state index in [-0.39, 0.29) is 18.4 Å². The van der Waals surface area contributed by atoms with Crippen LogP contribution < -0.4 is 0 Å². The van der Waals surface area contributed by atoms with E-state index in [9.17, 15) is 10.2 Å². The molecule has 4 nitrogen and oxygen atoms in total. The number of aryl methyl sites for hydroxylation is 2. The lowest BCUT2D eigenvalue weighted by atomic mass is 9.99. The summed E-state index contributed by atoms with van der Waals surface area (Å²) in [5.74, 6) is 0.0754. The summed E-state index contributed by atoms with van der Waals surface area (Å²) >= 11 is 0. The second-order valence-electron chi connectivity index (χ2n) is 6.87. The van der Waals surface area contributed by atoms with E-state index in [0.29, 0.717) is 16.8 Å². The highest BCUT2D eigenvalue weighted by molar-refractivity contribution is 5.85. The quantitative estimate of drug-likeness (QED) is 0.558. The smallest absolute Gasteiger partial charge is 0.145 e. The summed E-state index contributed by atoms with van der Waals surface area (Å²) in [6.07, 6.45) is 6.17. The van der Waals surface area contributed by atoms with Gasteiger partial charge in [0.1, 0.15) is 5.75 Å². The van der Waals surface area contributed by atoms with Crippen molar-refractivity contribution in [2.45, 2.75) is 38.8 Å². The van der Waals surface area contributed by atoms with Crippen LogP contribution in [0.3, 0.4) is 0 Å². The Morgan fingerprint density at radius 1 is 1.04 bits per heavy atom. The van der Waals surface area contributed by atoms with Crippen LogP contribution in [-0.4, -0.2) is 21.4 Å². The average Bonchev–Trinajstić information content (AvgIpc) is 2.74. The number of benzene rings is 2. The third kappa shape index (κ3) is 5.05. The molecule has 3 rings (SSSR count). The van der Waals surface area contributed by atoms with E-state index in [4.69, 9.17) is 4.99 Å². The molecule has 2 N–H and O–H groups in total. The Kier molecular flexibility index (Phi) is 6.93. The van der Waals surface area contributed by atoms with Gasteiger partial charge >= 0.3 is 0 Å². The van der Waals surface area contributed by atoms with E-state index in [1.165, 1.54) is 5.56 Å². The predicted molar refractivity (Wildman–Crippen MR) is 113 cm³/mol. The Labute approximate surface area is 166 Å². The lowest BCUT2D eigenvalue weighted by Gasteiger charge is -2.14. The molecule has 0 fully saturated rings. The first kappa shape index (κ1) is 19.8. The number of aliphatic hydroxyl groups excluding tert-OH is 1. The van der Waals surface area contributed by atoms with Gasteiger partial charge in [0.05, 0.1) is 18.3 Å². The summed E-state index contributed by atoms with van der Waals surface area (Å²) < 4.78 is 0. The van der Waals surface area contributed by atoms with Crippen molar-refractivity contribution in [1.29, 1.82) is 0 Å². The molecular weight excluding hydrogens is 348 g/mol. The maximum absolute atomic E-state index is 10.4. The molecule has 0 saturated heterocycles. The molecule has 0 aliphatic rings. The number of aliphatic imine (C=N–C) groups is 1. The third-order valence-electron chi connectivity index (χ3n) is 4.88. The van der Waals surface area contributed by atoms with Crippen LogP contribution in [0.1, 0.15) is 46.8 Å². The number of rotatable bonds is 8. The van der Waals surface area contributed by atoms with Crippen LogP contribution >= 0.6 is 0 Å². The standard InChI is InChI=1S/C24H26N2O2/c1-18-24(28)22(21(17-27)15-25-18)16-26-23(20-12-6-3-7-13-20)14-8-11-19-9-4-2-5-10-19/h2-7,9-10,12-13,15-16,23,27-28H,8,11,14,17H2,1H3/t23-/m1/s1. The first-order chi connectivity index (χ1) is 13.7. The van der Waals surface area contributed by atoms with Gasteiger partial charge in [0.15, 0.2) is 0 Å². The number of hydrogen-bond acceptors (Lipinski definition) is 4. The normalized spacial score (nSPS) is 12.4. The van der Waals surface area contributed by atoms with Gasteiger partial charge in [-0.05, 0) is 37.3 Å². The molecule has 28 heavy (non-hydrogen) atoms. The highest BCUT2D eigenvalue weighted by Crippen LogP contribution is 2.26. The number of hydrogen-bond donors (Lipinski definition) is 2. The second-order valence-corrected chi connectivity index (χ2v) is 6.87. The zero-order valence-corrected chi connectivity index (χ0v) is 16.1. The molecule has 0 aliphatic carbocycles. The van der Waals surface area contributed by atoms with Crippen molar-refractivity contribution < 1.29 is 10.2 Å². The first-order valence-electron chi connectivity index (χ1n) is 9.59. The van der Waals surface area contributed by atoms with Crippen molar-refractivity contribution in [3.8, 4) is 5.75 Å². The van der Waals surface area contributed by atoms with Gasteiger partial charge in [0.2, 0.25) is 0 Å². The van der Waals surface area contributed by atoms with Gasteiger partial charge in [-0.1, -0.05) is 60.7 Å². The fourth-order valence-electron chi connectivity index (χ4n) is 3.23. The van der Waals surface area contributed by atoms with E-state index in [0.717, 1.165) is 24.8 Å². The van der Waals surface area contributed by atoms with Crippen molar-refractivity contribution >= 4 is 6.21 Å². The third-order valence-corrected chi connectivity index (χ3v) is 4.88. The molecule has 0 saturated carbocycles. The van der Waals surface area contributed by atoms with Gasteiger partial charge in [-0.25, -0.2) is 0 Å². The lowest BCUT2D eigenvalue weighted by molar-refractivity contribution is 0.280. The van der Waals surface area contributed by atoms with Gasteiger partial charge < -0.3 is 10.2 Å². The van der Waals surface area contributed by atoms with Gasteiger partial charge in [-0.15, -0.1) is 0 Å².